The Bertz CT molecular complexity index is 485. The van der Waals surface area contributed by atoms with Crippen LogP contribution in [0, 0.1) is 0 Å². The lowest BCUT2D eigenvalue weighted by atomic mass is 10.1. The van der Waals surface area contributed by atoms with E-state index < -0.39 is 0 Å². The van der Waals surface area contributed by atoms with Gasteiger partial charge in [-0.2, -0.15) is 11.8 Å². The molecule has 0 saturated carbocycles. The number of hydrogen-bond donors (Lipinski definition) is 2. The first kappa shape index (κ1) is 14.5. The first-order valence-electron chi connectivity index (χ1n) is 6.19. The van der Waals surface area contributed by atoms with E-state index in [1.165, 1.54) is 0 Å². The second kappa shape index (κ2) is 6.05. The molecule has 1 saturated heterocycles. The maximum atomic E-state index is 8.70. The molecule has 6 heteroatoms. The zero-order chi connectivity index (χ0) is 14.0. The normalized spacial score (nSPS) is 24.6. The summed E-state index contributed by atoms with van der Waals surface area (Å²) >= 11 is 5.61. The molecule has 4 nitrogen and oxygen atoms in total. The summed E-state index contributed by atoms with van der Waals surface area (Å²) in [6.45, 7) is 6.59. The van der Waals surface area contributed by atoms with E-state index >= 15 is 0 Å². The number of benzene rings is 1. The van der Waals surface area contributed by atoms with Crippen LogP contribution in [0.2, 0.25) is 0 Å². The molecule has 1 heterocycles. The average Bonchev–Trinajstić information content (AvgIpc) is 2.36. The fourth-order valence-corrected chi connectivity index (χ4v) is 4.31. The fraction of sp³-hybridized carbons (Fsp3) is 0.462. The van der Waals surface area contributed by atoms with E-state index in [9.17, 15) is 0 Å². The van der Waals surface area contributed by atoms with Crippen LogP contribution in [0.3, 0.4) is 0 Å². The minimum atomic E-state index is 0.128. The van der Waals surface area contributed by atoms with E-state index in [2.05, 4.69) is 39.8 Å². The molecule has 1 aromatic rings. The quantitative estimate of drug-likeness (QED) is 0.375. The minimum absolute atomic E-state index is 0.128. The van der Waals surface area contributed by atoms with Crippen molar-refractivity contribution in [1.82, 2.24) is 0 Å². The van der Waals surface area contributed by atoms with E-state index in [4.69, 9.17) is 10.9 Å². The van der Waals surface area contributed by atoms with Crippen LogP contribution in [0.5, 0.6) is 0 Å². The highest BCUT2D eigenvalue weighted by Gasteiger charge is 2.23. The third-order valence-electron chi connectivity index (χ3n) is 3.11. The van der Waals surface area contributed by atoms with Crippen molar-refractivity contribution in [3.8, 4) is 0 Å². The van der Waals surface area contributed by atoms with Gasteiger partial charge in [0.15, 0.2) is 5.84 Å². The first-order valence-corrected chi connectivity index (χ1v) is 7.92. The van der Waals surface area contributed by atoms with Gasteiger partial charge in [-0.05, 0) is 34.1 Å². The van der Waals surface area contributed by atoms with Gasteiger partial charge in [-0.3, -0.25) is 0 Å². The zero-order valence-corrected chi connectivity index (χ0v) is 13.4. The number of thioether (sulfide) groups is 1. The lowest BCUT2D eigenvalue weighted by Crippen LogP contribution is -2.40. The zero-order valence-electron chi connectivity index (χ0n) is 11.0. The number of nitrogens with zero attached hydrogens (tertiary/aromatic N) is 2. The van der Waals surface area contributed by atoms with Crippen molar-refractivity contribution in [3.63, 3.8) is 0 Å². The van der Waals surface area contributed by atoms with Crippen molar-refractivity contribution in [2.24, 2.45) is 10.9 Å². The summed E-state index contributed by atoms with van der Waals surface area (Å²) in [7, 11) is 0. The lowest BCUT2D eigenvalue weighted by Gasteiger charge is -2.36. The molecule has 0 aliphatic carbocycles. The molecule has 1 aliphatic rings. The molecule has 2 atom stereocenters. The number of amidine groups is 1. The Balaban J connectivity index is 2.26. The summed E-state index contributed by atoms with van der Waals surface area (Å²) in [6, 6.07) is 5.79. The molecule has 104 valence electrons. The monoisotopic (exact) mass is 343 g/mol. The molecule has 3 N–H and O–H groups in total. The number of hydrogen-bond acceptors (Lipinski definition) is 4. The average molecular weight is 344 g/mol. The largest absolute Gasteiger partial charge is 0.409 e. The van der Waals surface area contributed by atoms with Gasteiger partial charge in [0, 0.05) is 33.6 Å². The highest BCUT2D eigenvalue weighted by Crippen LogP contribution is 2.33. The summed E-state index contributed by atoms with van der Waals surface area (Å²) in [5, 5.41) is 13.0. The van der Waals surface area contributed by atoms with E-state index in [1.807, 2.05) is 30.0 Å². The van der Waals surface area contributed by atoms with Gasteiger partial charge in [-0.15, -0.1) is 0 Å². The predicted molar refractivity (Wildman–Crippen MR) is 85.4 cm³/mol. The Kier molecular flexibility index (Phi) is 4.62. The van der Waals surface area contributed by atoms with Gasteiger partial charge < -0.3 is 15.8 Å². The maximum Gasteiger partial charge on any atom is 0.170 e. The molecule has 0 radical (unpaired) electrons. The molecule has 2 unspecified atom stereocenters. The van der Waals surface area contributed by atoms with Gasteiger partial charge in [0.1, 0.15) is 0 Å². The van der Waals surface area contributed by atoms with Gasteiger partial charge >= 0.3 is 0 Å². The van der Waals surface area contributed by atoms with Crippen molar-refractivity contribution in [3.05, 3.63) is 28.2 Å². The Morgan fingerprint density at radius 2 is 2.05 bits per heavy atom. The molecule has 0 bridgehead atoms. The molecular formula is C13H18BrN3OS. The van der Waals surface area contributed by atoms with Gasteiger partial charge in [-0.25, -0.2) is 0 Å². The van der Waals surface area contributed by atoms with Crippen molar-refractivity contribution in [2.75, 3.05) is 18.0 Å². The minimum Gasteiger partial charge on any atom is -0.409 e. The highest BCUT2D eigenvalue weighted by molar-refractivity contribution is 9.10. The third-order valence-corrected chi connectivity index (χ3v) is 4.97. The number of rotatable bonds is 2. The molecule has 0 aromatic heterocycles. The summed E-state index contributed by atoms with van der Waals surface area (Å²) in [6.07, 6.45) is 0. The Morgan fingerprint density at radius 1 is 1.42 bits per heavy atom. The number of halogens is 1. The van der Waals surface area contributed by atoms with E-state index in [1.54, 1.807) is 0 Å². The second-order valence-electron chi connectivity index (χ2n) is 4.81. The third kappa shape index (κ3) is 3.36. The SMILES string of the molecule is CC1CN(c2ccc(/C(N)=N/O)cc2Br)CC(C)S1. The first-order chi connectivity index (χ1) is 9.01. The summed E-state index contributed by atoms with van der Waals surface area (Å²) in [5.41, 5.74) is 7.47. The fourth-order valence-electron chi connectivity index (χ4n) is 2.36. The molecule has 2 rings (SSSR count). The molecule has 19 heavy (non-hydrogen) atoms. The van der Waals surface area contributed by atoms with Gasteiger partial charge in [0.25, 0.3) is 0 Å². The molecule has 0 spiro atoms. The van der Waals surface area contributed by atoms with Crippen LogP contribution in [0.1, 0.15) is 19.4 Å². The van der Waals surface area contributed by atoms with E-state index in [0.29, 0.717) is 16.1 Å². The van der Waals surface area contributed by atoms with Crippen LogP contribution >= 0.6 is 27.7 Å². The van der Waals surface area contributed by atoms with Crippen LogP contribution in [0.4, 0.5) is 5.69 Å². The number of oxime groups is 1. The van der Waals surface area contributed by atoms with Crippen molar-refractivity contribution in [2.45, 2.75) is 24.3 Å². The van der Waals surface area contributed by atoms with Crippen molar-refractivity contribution >= 4 is 39.2 Å². The number of nitrogens with two attached hydrogens (primary N) is 1. The molecule has 1 aliphatic heterocycles. The summed E-state index contributed by atoms with van der Waals surface area (Å²) in [4.78, 5) is 2.38. The predicted octanol–water partition coefficient (Wildman–Crippen LogP) is 2.87. The van der Waals surface area contributed by atoms with Crippen LogP contribution < -0.4 is 10.6 Å². The van der Waals surface area contributed by atoms with Crippen molar-refractivity contribution in [1.29, 1.82) is 0 Å². The Labute approximate surface area is 126 Å². The van der Waals surface area contributed by atoms with Gasteiger partial charge in [-0.1, -0.05) is 19.0 Å². The van der Waals surface area contributed by atoms with Crippen LogP contribution in [-0.2, 0) is 0 Å². The second-order valence-corrected chi connectivity index (χ2v) is 7.55. The summed E-state index contributed by atoms with van der Waals surface area (Å²) in [5.74, 6) is 0.128. The molecular weight excluding hydrogens is 326 g/mol. The van der Waals surface area contributed by atoms with E-state index in [0.717, 1.165) is 23.2 Å². The van der Waals surface area contributed by atoms with Gasteiger partial charge in [0.05, 0.1) is 5.69 Å². The smallest absolute Gasteiger partial charge is 0.170 e. The standard InChI is InChI=1S/C13H18BrN3OS/c1-8-6-17(7-9(2)19-8)12-4-3-10(5-11(12)14)13(15)16-18/h3-5,8-9,18H,6-7H2,1-2H3,(H2,15,16). The Morgan fingerprint density at radius 3 is 2.58 bits per heavy atom. The van der Waals surface area contributed by atoms with Crippen LogP contribution in [0.25, 0.3) is 0 Å². The topological polar surface area (TPSA) is 61.8 Å². The van der Waals surface area contributed by atoms with Gasteiger partial charge in [0.2, 0.25) is 0 Å². The van der Waals surface area contributed by atoms with Crippen molar-refractivity contribution < 1.29 is 5.21 Å². The Hall–Kier alpha value is -0.880. The van der Waals surface area contributed by atoms with Crippen LogP contribution in [0.15, 0.2) is 27.8 Å². The number of anilines is 1. The molecule has 0 amide bonds. The van der Waals surface area contributed by atoms with E-state index in [-0.39, 0.29) is 5.84 Å². The van der Waals surface area contributed by atoms with Crippen LogP contribution in [-0.4, -0.2) is 34.6 Å². The molecule has 1 aromatic carbocycles. The highest BCUT2D eigenvalue weighted by atomic mass is 79.9. The molecule has 1 fully saturated rings. The lowest BCUT2D eigenvalue weighted by molar-refractivity contribution is 0.318. The maximum absolute atomic E-state index is 8.70. The summed E-state index contributed by atoms with van der Waals surface area (Å²) < 4.78 is 0.975.